The molecule has 0 unspecified atom stereocenters. The van der Waals surface area contributed by atoms with Gasteiger partial charge in [0.25, 0.3) is 0 Å². The molecule has 0 N–H and O–H groups in total. The Kier molecular flexibility index (Phi) is 6.16. The van der Waals surface area contributed by atoms with Gasteiger partial charge in [-0.15, -0.1) is 0 Å². The van der Waals surface area contributed by atoms with E-state index in [1.165, 1.54) is 51.2 Å². The standard InChI is InChI=1S/C24H28FNO/c1-4-5-17-7-9-18(10-8-17)19-11-13-21(20(14-19)15-26)22-12-6-16(2)23(25)24(22)27-3/h6,11-14,17-18H,4-5,7-10H2,1-3H3. The van der Waals surface area contributed by atoms with Crippen molar-refractivity contribution < 1.29 is 9.13 Å². The highest BCUT2D eigenvalue weighted by Crippen LogP contribution is 2.40. The molecule has 2 nitrogen and oxygen atoms in total. The summed E-state index contributed by atoms with van der Waals surface area (Å²) in [6.45, 7) is 3.97. The lowest BCUT2D eigenvalue weighted by molar-refractivity contribution is 0.308. The summed E-state index contributed by atoms with van der Waals surface area (Å²) in [5.74, 6) is 1.23. The number of benzene rings is 2. The Labute approximate surface area is 162 Å². The average molecular weight is 365 g/mol. The number of hydrogen-bond donors (Lipinski definition) is 0. The monoisotopic (exact) mass is 365 g/mol. The van der Waals surface area contributed by atoms with E-state index < -0.39 is 0 Å². The molecule has 0 atom stereocenters. The molecular weight excluding hydrogens is 337 g/mol. The Balaban J connectivity index is 1.91. The third-order valence-electron chi connectivity index (χ3n) is 5.96. The van der Waals surface area contributed by atoms with Crippen molar-refractivity contribution in [3.05, 3.63) is 52.8 Å². The maximum atomic E-state index is 14.4. The smallest absolute Gasteiger partial charge is 0.168 e. The largest absolute Gasteiger partial charge is 0.493 e. The van der Waals surface area contributed by atoms with E-state index in [-0.39, 0.29) is 11.6 Å². The predicted molar refractivity (Wildman–Crippen MR) is 107 cm³/mol. The van der Waals surface area contributed by atoms with Crippen LogP contribution < -0.4 is 4.74 Å². The van der Waals surface area contributed by atoms with Crippen molar-refractivity contribution in [3.8, 4) is 22.9 Å². The first-order chi connectivity index (χ1) is 13.1. The van der Waals surface area contributed by atoms with Crippen LogP contribution in [0.3, 0.4) is 0 Å². The summed E-state index contributed by atoms with van der Waals surface area (Å²) in [7, 11) is 1.47. The van der Waals surface area contributed by atoms with Crippen LogP contribution in [0.1, 0.15) is 68.1 Å². The molecule has 27 heavy (non-hydrogen) atoms. The van der Waals surface area contributed by atoms with Crippen molar-refractivity contribution in [3.63, 3.8) is 0 Å². The van der Waals surface area contributed by atoms with Gasteiger partial charge in [-0.2, -0.15) is 5.26 Å². The number of nitrogens with zero attached hydrogens (tertiary/aromatic N) is 1. The molecule has 1 aliphatic rings. The number of rotatable bonds is 5. The zero-order valence-corrected chi connectivity index (χ0v) is 16.5. The van der Waals surface area contributed by atoms with E-state index in [2.05, 4.69) is 19.1 Å². The predicted octanol–water partition coefficient (Wildman–Crippen LogP) is 6.76. The quantitative estimate of drug-likeness (QED) is 0.587. The fourth-order valence-electron chi connectivity index (χ4n) is 4.40. The van der Waals surface area contributed by atoms with Crippen molar-refractivity contribution in [1.29, 1.82) is 5.26 Å². The van der Waals surface area contributed by atoms with Crippen LogP contribution in [0.25, 0.3) is 11.1 Å². The van der Waals surface area contributed by atoms with Gasteiger partial charge in [-0.25, -0.2) is 4.39 Å². The van der Waals surface area contributed by atoms with Crippen molar-refractivity contribution in [2.45, 2.75) is 58.3 Å². The summed E-state index contributed by atoms with van der Waals surface area (Å²) in [5, 5.41) is 9.72. The molecule has 1 fully saturated rings. The van der Waals surface area contributed by atoms with E-state index in [0.717, 1.165) is 11.5 Å². The second-order valence-electron chi connectivity index (χ2n) is 7.70. The number of methoxy groups -OCH3 is 1. The minimum Gasteiger partial charge on any atom is -0.493 e. The minimum atomic E-state index is -0.364. The van der Waals surface area contributed by atoms with Crippen molar-refractivity contribution in [2.75, 3.05) is 7.11 Å². The Morgan fingerprint density at radius 1 is 1.11 bits per heavy atom. The van der Waals surface area contributed by atoms with E-state index in [1.54, 1.807) is 13.0 Å². The van der Waals surface area contributed by atoms with Gasteiger partial charge in [0.05, 0.1) is 18.7 Å². The molecule has 1 saturated carbocycles. The Morgan fingerprint density at radius 2 is 1.81 bits per heavy atom. The van der Waals surface area contributed by atoms with Crippen LogP contribution in [0, 0.1) is 30.0 Å². The van der Waals surface area contributed by atoms with Gasteiger partial charge < -0.3 is 4.74 Å². The van der Waals surface area contributed by atoms with Gasteiger partial charge in [0.15, 0.2) is 11.6 Å². The van der Waals surface area contributed by atoms with Gasteiger partial charge in [-0.1, -0.05) is 44.0 Å². The molecule has 0 radical (unpaired) electrons. The maximum absolute atomic E-state index is 14.4. The molecule has 0 bridgehead atoms. The average Bonchev–Trinajstić information content (AvgIpc) is 2.70. The second kappa shape index (κ2) is 8.57. The molecule has 142 valence electrons. The number of ether oxygens (including phenoxy) is 1. The molecular formula is C24H28FNO. The van der Waals surface area contributed by atoms with E-state index in [1.807, 2.05) is 18.2 Å². The molecule has 0 aliphatic heterocycles. The van der Waals surface area contributed by atoms with Crippen LogP contribution in [0.2, 0.25) is 0 Å². The van der Waals surface area contributed by atoms with Crippen LogP contribution in [0.5, 0.6) is 5.75 Å². The summed E-state index contributed by atoms with van der Waals surface area (Å²) in [4.78, 5) is 0. The molecule has 0 saturated heterocycles. The minimum absolute atomic E-state index is 0.208. The first-order valence-corrected chi connectivity index (χ1v) is 9.96. The number of aryl methyl sites for hydroxylation is 1. The molecule has 0 aromatic heterocycles. The lowest BCUT2D eigenvalue weighted by Gasteiger charge is -2.29. The Hall–Kier alpha value is -2.34. The van der Waals surface area contributed by atoms with E-state index in [0.29, 0.717) is 22.6 Å². The number of halogens is 1. The number of nitriles is 1. The van der Waals surface area contributed by atoms with Crippen LogP contribution in [0.15, 0.2) is 30.3 Å². The lowest BCUT2D eigenvalue weighted by atomic mass is 9.76. The first-order valence-electron chi connectivity index (χ1n) is 9.96. The van der Waals surface area contributed by atoms with Gasteiger partial charge in [0.1, 0.15) is 0 Å². The normalized spacial score (nSPS) is 19.5. The van der Waals surface area contributed by atoms with Crippen molar-refractivity contribution in [2.24, 2.45) is 5.92 Å². The van der Waals surface area contributed by atoms with Gasteiger partial charge in [-0.3, -0.25) is 0 Å². The Bertz CT molecular complexity index is 844. The Morgan fingerprint density at radius 3 is 2.44 bits per heavy atom. The highest BCUT2D eigenvalue weighted by Gasteiger charge is 2.23. The summed E-state index contributed by atoms with van der Waals surface area (Å²) in [6.07, 6.45) is 7.53. The summed E-state index contributed by atoms with van der Waals surface area (Å²) in [5.41, 5.74) is 3.73. The van der Waals surface area contributed by atoms with Gasteiger partial charge >= 0.3 is 0 Å². The highest BCUT2D eigenvalue weighted by atomic mass is 19.1. The summed E-state index contributed by atoms with van der Waals surface area (Å²) in [6, 6.07) is 11.9. The van der Waals surface area contributed by atoms with Crippen LogP contribution in [-0.2, 0) is 0 Å². The molecule has 1 aliphatic carbocycles. The van der Waals surface area contributed by atoms with E-state index in [9.17, 15) is 9.65 Å². The van der Waals surface area contributed by atoms with Gasteiger partial charge in [0.2, 0.25) is 0 Å². The fourth-order valence-corrected chi connectivity index (χ4v) is 4.40. The van der Waals surface area contributed by atoms with Gasteiger partial charge in [0, 0.05) is 11.1 Å². The van der Waals surface area contributed by atoms with E-state index in [4.69, 9.17) is 4.74 Å². The second-order valence-corrected chi connectivity index (χ2v) is 7.70. The molecule has 3 rings (SSSR count). The zero-order valence-electron chi connectivity index (χ0n) is 16.5. The third-order valence-corrected chi connectivity index (χ3v) is 5.96. The third kappa shape index (κ3) is 4.00. The van der Waals surface area contributed by atoms with Crippen molar-refractivity contribution in [1.82, 2.24) is 0 Å². The molecule has 2 aromatic rings. The maximum Gasteiger partial charge on any atom is 0.168 e. The highest BCUT2D eigenvalue weighted by molar-refractivity contribution is 5.76. The first kappa shape index (κ1) is 19.4. The molecule has 0 amide bonds. The van der Waals surface area contributed by atoms with Crippen molar-refractivity contribution >= 4 is 0 Å². The molecule has 0 heterocycles. The topological polar surface area (TPSA) is 33.0 Å². The zero-order chi connectivity index (χ0) is 19.4. The van der Waals surface area contributed by atoms with Crippen LogP contribution >= 0.6 is 0 Å². The van der Waals surface area contributed by atoms with Crippen LogP contribution in [0.4, 0.5) is 4.39 Å². The summed E-state index contributed by atoms with van der Waals surface area (Å²) >= 11 is 0. The van der Waals surface area contributed by atoms with Gasteiger partial charge in [-0.05, 0) is 61.6 Å². The molecule has 2 aromatic carbocycles. The lowest BCUT2D eigenvalue weighted by Crippen LogP contribution is -2.13. The van der Waals surface area contributed by atoms with Crippen LogP contribution in [-0.4, -0.2) is 7.11 Å². The number of hydrogen-bond acceptors (Lipinski definition) is 2. The summed E-state index contributed by atoms with van der Waals surface area (Å²) < 4.78 is 19.8. The molecule has 3 heteroatoms. The SMILES string of the molecule is CCCC1CCC(c2ccc(-c3ccc(C)c(F)c3OC)c(C#N)c2)CC1. The molecule has 0 spiro atoms. The fraction of sp³-hybridized carbons (Fsp3) is 0.458. The van der Waals surface area contributed by atoms with E-state index >= 15 is 0 Å².